The molecule has 0 atom stereocenters. The van der Waals surface area contributed by atoms with Gasteiger partial charge in [0, 0.05) is 10.7 Å². The predicted molar refractivity (Wildman–Crippen MR) is 122 cm³/mol. The number of sulfonamides is 1. The zero-order chi connectivity index (χ0) is 22.4. The zero-order valence-electron chi connectivity index (χ0n) is 16.7. The first-order valence-corrected chi connectivity index (χ1v) is 11.2. The first kappa shape index (κ1) is 22.3. The molecular weight excluding hydrogens is 434 g/mol. The molecule has 3 rings (SSSR count). The van der Waals surface area contributed by atoms with Crippen LogP contribution in [0.25, 0.3) is 0 Å². The molecule has 0 aliphatic carbocycles. The molecule has 0 bridgehead atoms. The topological polar surface area (TPSA) is 90.3 Å². The molecule has 0 spiro atoms. The average Bonchev–Trinajstić information content (AvgIpc) is 2.75. The van der Waals surface area contributed by atoms with Gasteiger partial charge >= 0.3 is 0 Å². The fraction of sp³-hybridized carbons (Fsp3) is 0.130. The number of halogens is 1. The third kappa shape index (κ3) is 5.63. The molecule has 3 aromatic rings. The van der Waals surface area contributed by atoms with E-state index in [1.54, 1.807) is 48.5 Å². The van der Waals surface area contributed by atoms with Gasteiger partial charge in [-0.15, -0.1) is 0 Å². The molecule has 0 heterocycles. The summed E-state index contributed by atoms with van der Waals surface area (Å²) in [5.74, 6) is -0.494. The molecule has 8 heteroatoms. The van der Waals surface area contributed by atoms with Crippen molar-refractivity contribution in [2.24, 2.45) is 0 Å². The summed E-state index contributed by atoms with van der Waals surface area (Å²) in [6.07, 6.45) is 0.273. The van der Waals surface area contributed by atoms with Gasteiger partial charge in [-0.3, -0.25) is 9.10 Å². The van der Waals surface area contributed by atoms with Crippen LogP contribution >= 0.6 is 11.6 Å². The van der Waals surface area contributed by atoms with Crippen molar-refractivity contribution in [1.82, 2.24) is 0 Å². The van der Waals surface area contributed by atoms with Crippen molar-refractivity contribution in [3.8, 4) is 6.07 Å². The molecule has 0 aliphatic heterocycles. The number of carbonyl (C=O) groups excluding carboxylic acids is 1. The number of amides is 1. The standard InChI is InChI=1S/C23H20ClN3O3S/c1-17-2-10-21(11-3-17)27(31(29,30)22-12-6-19(24)7-13-22)16-23(28)26-20-8-4-18(5-9-20)14-15-25/h2-13H,14,16H2,1H3,(H,26,28). The Morgan fingerprint density at radius 2 is 1.61 bits per heavy atom. The number of carbonyl (C=O) groups is 1. The summed E-state index contributed by atoms with van der Waals surface area (Å²) in [5, 5.41) is 11.9. The normalized spacial score (nSPS) is 10.9. The van der Waals surface area contributed by atoms with Gasteiger partial charge in [0.15, 0.2) is 0 Å². The monoisotopic (exact) mass is 453 g/mol. The minimum Gasteiger partial charge on any atom is -0.325 e. The molecule has 0 saturated carbocycles. The third-order valence-electron chi connectivity index (χ3n) is 4.53. The van der Waals surface area contributed by atoms with Crippen LogP contribution in [0, 0.1) is 18.3 Å². The van der Waals surface area contributed by atoms with Gasteiger partial charge in [-0.05, 0) is 61.0 Å². The number of aryl methyl sites for hydroxylation is 1. The van der Waals surface area contributed by atoms with E-state index in [-0.39, 0.29) is 11.3 Å². The zero-order valence-corrected chi connectivity index (χ0v) is 18.3. The van der Waals surface area contributed by atoms with Gasteiger partial charge in [0.25, 0.3) is 10.0 Å². The Hall–Kier alpha value is -3.34. The maximum atomic E-state index is 13.3. The number of anilines is 2. The van der Waals surface area contributed by atoms with Gasteiger partial charge in [-0.25, -0.2) is 8.42 Å². The lowest BCUT2D eigenvalue weighted by Crippen LogP contribution is -2.38. The molecule has 3 aromatic carbocycles. The van der Waals surface area contributed by atoms with Gasteiger partial charge in [0.05, 0.1) is 23.1 Å². The maximum absolute atomic E-state index is 13.3. The molecule has 0 aromatic heterocycles. The first-order chi connectivity index (χ1) is 14.8. The van der Waals surface area contributed by atoms with E-state index in [0.717, 1.165) is 15.4 Å². The quantitative estimate of drug-likeness (QED) is 0.568. The molecule has 0 saturated heterocycles. The summed E-state index contributed by atoms with van der Waals surface area (Å²) < 4.78 is 27.7. The second-order valence-corrected chi connectivity index (χ2v) is 9.18. The van der Waals surface area contributed by atoms with Crippen molar-refractivity contribution in [1.29, 1.82) is 5.26 Å². The Labute approximate surface area is 186 Å². The highest BCUT2D eigenvalue weighted by Crippen LogP contribution is 2.25. The lowest BCUT2D eigenvalue weighted by atomic mass is 10.1. The molecule has 0 unspecified atom stereocenters. The Kier molecular flexibility index (Phi) is 6.95. The smallest absolute Gasteiger partial charge is 0.264 e. The Balaban J connectivity index is 1.87. The average molecular weight is 454 g/mol. The van der Waals surface area contributed by atoms with E-state index in [9.17, 15) is 13.2 Å². The van der Waals surface area contributed by atoms with E-state index in [1.807, 2.05) is 6.92 Å². The van der Waals surface area contributed by atoms with Crippen LogP contribution in [0.4, 0.5) is 11.4 Å². The highest BCUT2D eigenvalue weighted by Gasteiger charge is 2.27. The van der Waals surface area contributed by atoms with Crippen LogP contribution in [0.3, 0.4) is 0 Å². The highest BCUT2D eigenvalue weighted by molar-refractivity contribution is 7.92. The molecule has 1 N–H and O–H groups in total. The molecule has 1 amide bonds. The van der Waals surface area contributed by atoms with Crippen LogP contribution in [0.5, 0.6) is 0 Å². The van der Waals surface area contributed by atoms with Gasteiger partial charge < -0.3 is 5.32 Å². The van der Waals surface area contributed by atoms with Crippen LogP contribution in [-0.4, -0.2) is 20.9 Å². The highest BCUT2D eigenvalue weighted by atomic mass is 35.5. The first-order valence-electron chi connectivity index (χ1n) is 9.40. The minimum absolute atomic E-state index is 0.0335. The lowest BCUT2D eigenvalue weighted by Gasteiger charge is -2.24. The van der Waals surface area contributed by atoms with E-state index < -0.39 is 22.5 Å². The summed E-state index contributed by atoms with van der Waals surface area (Å²) in [6.45, 7) is 1.48. The van der Waals surface area contributed by atoms with Crippen molar-refractivity contribution in [3.05, 3.63) is 88.9 Å². The van der Waals surface area contributed by atoms with Crippen LogP contribution in [0.15, 0.2) is 77.7 Å². The largest absolute Gasteiger partial charge is 0.325 e. The van der Waals surface area contributed by atoms with Gasteiger partial charge in [0.2, 0.25) is 5.91 Å². The summed E-state index contributed by atoms with van der Waals surface area (Å²) in [4.78, 5) is 12.7. The van der Waals surface area contributed by atoms with Crippen LogP contribution in [0.2, 0.25) is 5.02 Å². The minimum atomic E-state index is -4.01. The van der Waals surface area contributed by atoms with Gasteiger partial charge in [0.1, 0.15) is 6.54 Å². The SMILES string of the molecule is Cc1ccc(N(CC(=O)Nc2ccc(CC#N)cc2)S(=O)(=O)c2ccc(Cl)cc2)cc1. The number of hydrogen-bond donors (Lipinski definition) is 1. The number of hydrogen-bond acceptors (Lipinski definition) is 4. The maximum Gasteiger partial charge on any atom is 0.264 e. The Bertz CT molecular complexity index is 1200. The van der Waals surface area contributed by atoms with Gasteiger partial charge in [-0.2, -0.15) is 5.26 Å². The summed E-state index contributed by atoms with van der Waals surface area (Å²) in [5.41, 5.74) is 2.68. The molecule has 158 valence electrons. The molecule has 31 heavy (non-hydrogen) atoms. The molecular formula is C23H20ClN3O3S. The van der Waals surface area contributed by atoms with Crippen molar-refractivity contribution in [3.63, 3.8) is 0 Å². The summed E-state index contributed by atoms with van der Waals surface area (Å²) in [7, 11) is -4.01. The number of nitrogens with zero attached hydrogens (tertiary/aromatic N) is 2. The second kappa shape index (κ2) is 9.65. The fourth-order valence-corrected chi connectivity index (χ4v) is 4.43. The summed E-state index contributed by atoms with van der Waals surface area (Å²) in [6, 6.07) is 21.6. The molecule has 6 nitrogen and oxygen atoms in total. The number of rotatable bonds is 7. The number of nitrogens with one attached hydrogen (secondary N) is 1. The Morgan fingerprint density at radius 1 is 1.00 bits per heavy atom. The third-order valence-corrected chi connectivity index (χ3v) is 6.57. The van der Waals surface area contributed by atoms with Crippen molar-refractivity contribution in [2.75, 3.05) is 16.2 Å². The van der Waals surface area contributed by atoms with E-state index in [2.05, 4.69) is 11.4 Å². The van der Waals surface area contributed by atoms with Crippen molar-refractivity contribution in [2.45, 2.75) is 18.2 Å². The number of nitriles is 1. The Morgan fingerprint density at radius 3 is 2.19 bits per heavy atom. The fourth-order valence-electron chi connectivity index (χ4n) is 2.89. The van der Waals surface area contributed by atoms with Crippen molar-refractivity contribution < 1.29 is 13.2 Å². The van der Waals surface area contributed by atoms with E-state index in [1.165, 1.54) is 24.3 Å². The van der Waals surface area contributed by atoms with Crippen LogP contribution in [-0.2, 0) is 21.2 Å². The van der Waals surface area contributed by atoms with Crippen LogP contribution in [0.1, 0.15) is 11.1 Å². The molecule has 0 radical (unpaired) electrons. The molecule has 0 fully saturated rings. The van der Waals surface area contributed by atoms with E-state index in [0.29, 0.717) is 16.4 Å². The lowest BCUT2D eigenvalue weighted by molar-refractivity contribution is -0.114. The van der Waals surface area contributed by atoms with E-state index >= 15 is 0 Å². The molecule has 0 aliphatic rings. The van der Waals surface area contributed by atoms with Gasteiger partial charge in [-0.1, -0.05) is 41.4 Å². The number of benzene rings is 3. The van der Waals surface area contributed by atoms with Crippen molar-refractivity contribution >= 4 is 38.9 Å². The second-order valence-electron chi connectivity index (χ2n) is 6.88. The van der Waals surface area contributed by atoms with Crippen LogP contribution < -0.4 is 9.62 Å². The predicted octanol–water partition coefficient (Wildman–Crippen LogP) is 4.55. The summed E-state index contributed by atoms with van der Waals surface area (Å²) >= 11 is 5.89. The van der Waals surface area contributed by atoms with E-state index in [4.69, 9.17) is 16.9 Å².